The fourth-order valence-corrected chi connectivity index (χ4v) is 3.08. The number of hydrogen-bond acceptors (Lipinski definition) is 4. The van der Waals surface area contributed by atoms with Gasteiger partial charge in [0.05, 0.1) is 5.60 Å². The van der Waals surface area contributed by atoms with Crippen molar-refractivity contribution < 1.29 is 5.11 Å². The molecule has 2 unspecified atom stereocenters. The Balaban J connectivity index is 1.78. The molecule has 2 aliphatic rings. The first-order chi connectivity index (χ1) is 8.11. The Bertz CT molecular complexity index is 239. The normalized spacial score (nSPS) is 31.6. The minimum absolute atomic E-state index is 0.345. The van der Waals surface area contributed by atoms with Gasteiger partial charge in [-0.05, 0) is 45.8 Å². The van der Waals surface area contributed by atoms with E-state index in [0.29, 0.717) is 19.1 Å². The van der Waals surface area contributed by atoms with E-state index < -0.39 is 5.60 Å². The fourth-order valence-electron chi connectivity index (χ4n) is 3.08. The molecule has 2 saturated heterocycles. The summed E-state index contributed by atoms with van der Waals surface area (Å²) in [5, 5.41) is 10.00. The Morgan fingerprint density at radius 3 is 2.59 bits per heavy atom. The second-order valence-corrected chi connectivity index (χ2v) is 5.98. The van der Waals surface area contributed by atoms with Crippen LogP contribution in [0.25, 0.3) is 0 Å². The molecule has 2 atom stereocenters. The van der Waals surface area contributed by atoms with Crippen molar-refractivity contribution >= 4 is 0 Å². The van der Waals surface area contributed by atoms with Gasteiger partial charge in [0.25, 0.3) is 0 Å². The maximum atomic E-state index is 10.00. The summed E-state index contributed by atoms with van der Waals surface area (Å²) in [5.74, 6) is 0. The molecule has 17 heavy (non-hydrogen) atoms. The van der Waals surface area contributed by atoms with Crippen LogP contribution in [0.1, 0.15) is 32.6 Å². The summed E-state index contributed by atoms with van der Waals surface area (Å²) in [6.07, 6.45) is 5.36. The second-order valence-electron chi connectivity index (χ2n) is 5.98. The monoisotopic (exact) mass is 241 g/mol. The van der Waals surface area contributed by atoms with Gasteiger partial charge < -0.3 is 10.8 Å². The smallest absolute Gasteiger partial charge is 0.0867 e. The Hall–Kier alpha value is -0.160. The molecule has 4 heteroatoms. The van der Waals surface area contributed by atoms with Gasteiger partial charge in [-0.1, -0.05) is 6.42 Å². The van der Waals surface area contributed by atoms with E-state index in [1.807, 2.05) is 6.92 Å². The quantitative estimate of drug-likeness (QED) is 0.741. The highest BCUT2D eigenvalue weighted by atomic mass is 16.3. The highest BCUT2D eigenvalue weighted by Crippen LogP contribution is 2.21. The third kappa shape index (κ3) is 3.65. The molecular weight excluding hydrogens is 214 g/mol. The van der Waals surface area contributed by atoms with Gasteiger partial charge in [0.15, 0.2) is 0 Å². The number of likely N-dealkylation sites (tertiary alicyclic amines) is 2. The van der Waals surface area contributed by atoms with Gasteiger partial charge in [-0.15, -0.1) is 0 Å². The van der Waals surface area contributed by atoms with Crippen LogP contribution in [0.2, 0.25) is 0 Å². The van der Waals surface area contributed by atoms with E-state index in [2.05, 4.69) is 9.80 Å². The van der Waals surface area contributed by atoms with Gasteiger partial charge in [0.1, 0.15) is 0 Å². The van der Waals surface area contributed by atoms with Crippen molar-refractivity contribution in [2.24, 2.45) is 5.73 Å². The fraction of sp³-hybridized carbons (Fsp3) is 1.00. The van der Waals surface area contributed by atoms with Crippen molar-refractivity contribution in [1.29, 1.82) is 0 Å². The molecule has 0 radical (unpaired) electrons. The lowest BCUT2D eigenvalue weighted by atomic mass is 10.1. The Kier molecular flexibility index (Phi) is 4.42. The largest absolute Gasteiger partial charge is 0.388 e. The van der Waals surface area contributed by atoms with Crippen LogP contribution in [-0.4, -0.2) is 65.8 Å². The zero-order chi connectivity index (χ0) is 12.3. The molecule has 0 aromatic heterocycles. The number of hydrogen-bond donors (Lipinski definition) is 2. The summed E-state index contributed by atoms with van der Waals surface area (Å²) in [4.78, 5) is 5.01. The maximum absolute atomic E-state index is 10.00. The van der Waals surface area contributed by atoms with Crippen LogP contribution in [-0.2, 0) is 0 Å². The first kappa shape index (κ1) is 13.3. The molecule has 0 amide bonds. The van der Waals surface area contributed by atoms with Crippen molar-refractivity contribution in [2.75, 3.05) is 39.3 Å². The Morgan fingerprint density at radius 2 is 1.94 bits per heavy atom. The van der Waals surface area contributed by atoms with E-state index in [1.165, 1.54) is 38.8 Å². The molecule has 0 aromatic rings. The lowest BCUT2D eigenvalue weighted by Gasteiger charge is -2.33. The topological polar surface area (TPSA) is 52.7 Å². The minimum Gasteiger partial charge on any atom is -0.388 e. The average Bonchev–Trinajstić information content (AvgIpc) is 2.78. The highest BCUT2D eigenvalue weighted by molar-refractivity contribution is 4.88. The van der Waals surface area contributed by atoms with Crippen LogP contribution in [0.15, 0.2) is 0 Å². The number of piperidine rings is 1. The molecule has 0 aromatic carbocycles. The van der Waals surface area contributed by atoms with E-state index in [9.17, 15) is 5.11 Å². The maximum Gasteiger partial charge on any atom is 0.0867 e. The molecule has 0 aliphatic carbocycles. The van der Waals surface area contributed by atoms with E-state index in [0.717, 1.165) is 13.1 Å². The molecule has 3 N–H and O–H groups in total. The van der Waals surface area contributed by atoms with Crippen molar-refractivity contribution in [3.8, 4) is 0 Å². The van der Waals surface area contributed by atoms with Crippen molar-refractivity contribution in [2.45, 2.75) is 44.2 Å². The van der Waals surface area contributed by atoms with E-state index in [4.69, 9.17) is 5.73 Å². The number of nitrogens with two attached hydrogens (primary N) is 1. The number of aliphatic hydroxyl groups is 1. The van der Waals surface area contributed by atoms with Crippen LogP contribution in [0, 0.1) is 0 Å². The number of β-amino-alcohol motifs (C(OH)–C–C–N with tert-alkyl or cyclic N) is 1. The summed E-state index contributed by atoms with van der Waals surface area (Å²) < 4.78 is 0. The molecule has 2 fully saturated rings. The van der Waals surface area contributed by atoms with Gasteiger partial charge in [0.2, 0.25) is 0 Å². The van der Waals surface area contributed by atoms with Gasteiger partial charge in [-0.3, -0.25) is 9.80 Å². The molecule has 4 nitrogen and oxygen atoms in total. The van der Waals surface area contributed by atoms with Gasteiger partial charge in [-0.2, -0.15) is 0 Å². The Morgan fingerprint density at radius 1 is 1.24 bits per heavy atom. The zero-order valence-corrected chi connectivity index (χ0v) is 11.1. The highest BCUT2D eigenvalue weighted by Gasteiger charge is 2.31. The summed E-state index contributed by atoms with van der Waals surface area (Å²) >= 11 is 0. The molecule has 2 aliphatic heterocycles. The average molecular weight is 241 g/mol. The van der Waals surface area contributed by atoms with E-state index in [1.54, 1.807) is 0 Å². The van der Waals surface area contributed by atoms with Crippen LogP contribution < -0.4 is 5.73 Å². The third-order valence-corrected chi connectivity index (χ3v) is 4.16. The van der Waals surface area contributed by atoms with E-state index in [-0.39, 0.29) is 0 Å². The van der Waals surface area contributed by atoms with Gasteiger partial charge >= 0.3 is 0 Å². The first-order valence-electron chi connectivity index (χ1n) is 6.99. The van der Waals surface area contributed by atoms with Crippen molar-refractivity contribution in [1.82, 2.24) is 9.80 Å². The Labute approximate surface area is 105 Å². The lowest BCUT2D eigenvalue weighted by molar-refractivity contribution is 0.0317. The number of nitrogens with zero attached hydrogens (tertiary/aromatic N) is 2. The summed E-state index contributed by atoms with van der Waals surface area (Å²) in [6.45, 7) is 7.65. The SMILES string of the molecule is CC(O)(CN)CN1CCC(N2CCCCC2)C1. The predicted octanol–water partition coefficient (Wildman–Crippen LogP) is 0.256. The molecule has 0 saturated carbocycles. The van der Waals surface area contributed by atoms with Crippen molar-refractivity contribution in [3.05, 3.63) is 0 Å². The molecule has 2 rings (SSSR count). The zero-order valence-electron chi connectivity index (χ0n) is 11.1. The van der Waals surface area contributed by atoms with Crippen LogP contribution in [0.5, 0.6) is 0 Å². The van der Waals surface area contributed by atoms with Crippen LogP contribution in [0.3, 0.4) is 0 Å². The molecule has 0 spiro atoms. The summed E-state index contributed by atoms with van der Waals surface area (Å²) in [7, 11) is 0. The third-order valence-electron chi connectivity index (χ3n) is 4.16. The first-order valence-corrected chi connectivity index (χ1v) is 6.99. The van der Waals surface area contributed by atoms with Crippen LogP contribution >= 0.6 is 0 Å². The predicted molar refractivity (Wildman–Crippen MR) is 69.9 cm³/mol. The molecular formula is C13H27N3O. The van der Waals surface area contributed by atoms with Crippen molar-refractivity contribution in [3.63, 3.8) is 0 Å². The summed E-state index contributed by atoms with van der Waals surface area (Å²) in [5.41, 5.74) is 4.85. The molecule has 2 heterocycles. The second kappa shape index (κ2) is 5.65. The number of rotatable bonds is 4. The summed E-state index contributed by atoms with van der Waals surface area (Å²) in [6, 6.07) is 0.712. The van der Waals surface area contributed by atoms with E-state index >= 15 is 0 Å². The van der Waals surface area contributed by atoms with Crippen LogP contribution in [0.4, 0.5) is 0 Å². The molecule has 100 valence electrons. The lowest BCUT2D eigenvalue weighted by Crippen LogP contribution is -2.47. The standard InChI is InChI=1S/C13H27N3O/c1-13(17,10-14)11-15-8-5-12(9-15)16-6-3-2-4-7-16/h12,17H,2-11,14H2,1H3. The minimum atomic E-state index is -0.725. The van der Waals surface area contributed by atoms with Gasteiger partial charge in [0, 0.05) is 25.7 Å². The molecule has 0 bridgehead atoms. The van der Waals surface area contributed by atoms with Gasteiger partial charge in [-0.25, -0.2) is 0 Å².